The molecule has 1 fully saturated rings. The number of halogens is 1. The van der Waals surface area contributed by atoms with Gasteiger partial charge in [0.25, 0.3) is 5.91 Å². The topological polar surface area (TPSA) is 76.7 Å². The zero-order chi connectivity index (χ0) is 17.8. The number of methoxy groups -OCH3 is 1. The van der Waals surface area contributed by atoms with Crippen molar-refractivity contribution in [2.75, 3.05) is 7.11 Å². The summed E-state index contributed by atoms with van der Waals surface area (Å²) in [5, 5.41) is 4.53. The molecule has 3 amide bonds. The van der Waals surface area contributed by atoms with E-state index in [-0.39, 0.29) is 18.1 Å². The zero-order valence-corrected chi connectivity index (χ0v) is 13.3. The van der Waals surface area contributed by atoms with E-state index in [0.717, 1.165) is 0 Å². The van der Waals surface area contributed by atoms with Crippen molar-refractivity contribution in [3.8, 4) is 11.5 Å². The normalized spacial score (nSPS) is 15.0. The fraction of sp³-hybridized carbons (Fsp3) is 0.111. The van der Waals surface area contributed by atoms with Gasteiger partial charge in [0.15, 0.2) is 11.5 Å². The van der Waals surface area contributed by atoms with Crippen molar-refractivity contribution >= 4 is 18.0 Å². The number of carbonyl (C=O) groups excluding carboxylic acids is 2. The Balaban J connectivity index is 1.78. The Hall–Kier alpha value is -3.35. The van der Waals surface area contributed by atoms with Gasteiger partial charge in [0.2, 0.25) is 0 Å². The average molecular weight is 342 g/mol. The van der Waals surface area contributed by atoms with E-state index in [4.69, 9.17) is 9.47 Å². The second kappa shape index (κ2) is 7.04. The number of urea groups is 1. The van der Waals surface area contributed by atoms with Crippen LogP contribution in [0.25, 0.3) is 6.08 Å². The van der Waals surface area contributed by atoms with Crippen molar-refractivity contribution in [2.24, 2.45) is 0 Å². The molecule has 2 aromatic rings. The minimum Gasteiger partial charge on any atom is -0.493 e. The maximum atomic E-state index is 13.6. The summed E-state index contributed by atoms with van der Waals surface area (Å²) in [5.41, 5.74) is 1.22. The van der Waals surface area contributed by atoms with Crippen LogP contribution in [-0.4, -0.2) is 19.0 Å². The lowest BCUT2D eigenvalue weighted by Crippen LogP contribution is -2.22. The third-order valence-corrected chi connectivity index (χ3v) is 3.56. The second-order valence-corrected chi connectivity index (χ2v) is 5.26. The third kappa shape index (κ3) is 3.77. The maximum Gasteiger partial charge on any atom is 0.326 e. The van der Waals surface area contributed by atoms with Crippen molar-refractivity contribution in [1.82, 2.24) is 10.6 Å². The van der Waals surface area contributed by atoms with Gasteiger partial charge in [0, 0.05) is 5.56 Å². The van der Waals surface area contributed by atoms with Crippen LogP contribution in [0.1, 0.15) is 11.1 Å². The summed E-state index contributed by atoms with van der Waals surface area (Å²) in [6.45, 7) is 0.0575. The molecule has 0 aliphatic carbocycles. The molecular weight excluding hydrogens is 327 g/mol. The van der Waals surface area contributed by atoms with Crippen LogP contribution in [0.4, 0.5) is 9.18 Å². The van der Waals surface area contributed by atoms with E-state index in [1.165, 1.54) is 19.3 Å². The first-order valence-corrected chi connectivity index (χ1v) is 7.45. The molecule has 1 aliphatic heterocycles. The molecule has 0 bridgehead atoms. The van der Waals surface area contributed by atoms with Crippen LogP contribution in [0.5, 0.6) is 11.5 Å². The Morgan fingerprint density at radius 3 is 2.56 bits per heavy atom. The van der Waals surface area contributed by atoms with Gasteiger partial charge in [-0.1, -0.05) is 24.3 Å². The minimum atomic E-state index is -0.562. The van der Waals surface area contributed by atoms with Crippen molar-refractivity contribution in [1.29, 1.82) is 0 Å². The monoisotopic (exact) mass is 342 g/mol. The predicted molar refractivity (Wildman–Crippen MR) is 88.4 cm³/mol. The summed E-state index contributed by atoms with van der Waals surface area (Å²) < 4.78 is 24.5. The Bertz CT molecular complexity index is 864. The molecule has 0 atom stereocenters. The van der Waals surface area contributed by atoms with Crippen molar-refractivity contribution < 1.29 is 23.5 Å². The molecule has 2 N–H and O–H groups in total. The number of imide groups is 1. The molecule has 1 heterocycles. The van der Waals surface area contributed by atoms with Crippen LogP contribution in [0.2, 0.25) is 0 Å². The number of hydrogen-bond donors (Lipinski definition) is 2. The highest BCUT2D eigenvalue weighted by Crippen LogP contribution is 2.30. The van der Waals surface area contributed by atoms with E-state index < -0.39 is 11.9 Å². The highest BCUT2D eigenvalue weighted by molar-refractivity contribution is 6.14. The van der Waals surface area contributed by atoms with Gasteiger partial charge in [0.1, 0.15) is 18.1 Å². The number of hydrogen-bond acceptors (Lipinski definition) is 4. The van der Waals surface area contributed by atoms with Crippen LogP contribution in [-0.2, 0) is 11.4 Å². The Labute approximate surface area is 143 Å². The number of amides is 3. The lowest BCUT2D eigenvalue weighted by Gasteiger charge is -2.12. The molecular formula is C18H15FN2O4. The molecule has 6 nitrogen and oxygen atoms in total. The maximum absolute atomic E-state index is 13.6. The van der Waals surface area contributed by atoms with Gasteiger partial charge >= 0.3 is 6.03 Å². The first-order chi connectivity index (χ1) is 12.1. The van der Waals surface area contributed by atoms with E-state index in [2.05, 4.69) is 10.6 Å². The van der Waals surface area contributed by atoms with Crippen LogP contribution < -0.4 is 20.1 Å². The summed E-state index contributed by atoms with van der Waals surface area (Å²) in [6.07, 6.45) is 1.52. The standard InChI is InChI=1S/C18H15FN2O4/c1-24-16-9-11(8-14-17(22)21-18(23)20-14)6-7-15(16)25-10-12-4-2-3-5-13(12)19/h2-9H,10H2,1H3,(H2,20,21,22,23). The smallest absolute Gasteiger partial charge is 0.326 e. The highest BCUT2D eigenvalue weighted by atomic mass is 19.1. The van der Waals surface area contributed by atoms with Gasteiger partial charge in [-0.25, -0.2) is 9.18 Å². The average Bonchev–Trinajstić information content (AvgIpc) is 2.92. The van der Waals surface area contributed by atoms with E-state index in [0.29, 0.717) is 22.6 Å². The van der Waals surface area contributed by atoms with Crippen molar-refractivity contribution in [3.63, 3.8) is 0 Å². The summed E-state index contributed by atoms with van der Waals surface area (Å²) >= 11 is 0. The molecule has 0 radical (unpaired) electrons. The first kappa shape index (κ1) is 16.5. The molecule has 0 aromatic heterocycles. The Morgan fingerprint density at radius 1 is 1.08 bits per heavy atom. The molecule has 25 heavy (non-hydrogen) atoms. The van der Waals surface area contributed by atoms with Gasteiger partial charge in [-0.05, 0) is 29.8 Å². The van der Waals surface area contributed by atoms with Crippen LogP contribution >= 0.6 is 0 Å². The molecule has 0 saturated carbocycles. The van der Waals surface area contributed by atoms with Gasteiger partial charge in [0.05, 0.1) is 7.11 Å². The summed E-state index contributed by atoms with van der Waals surface area (Å²) in [7, 11) is 1.48. The predicted octanol–water partition coefficient (Wildman–Crippen LogP) is 2.59. The molecule has 0 unspecified atom stereocenters. The van der Waals surface area contributed by atoms with Gasteiger partial charge in [-0.15, -0.1) is 0 Å². The molecule has 3 rings (SSSR count). The van der Waals surface area contributed by atoms with Crippen LogP contribution in [0.15, 0.2) is 48.2 Å². The molecule has 128 valence electrons. The largest absolute Gasteiger partial charge is 0.493 e. The quantitative estimate of drug-likeness (QED) is 0.647. The zero-order valence-electron chi connectivity index (χ0n) is 13.3. The summed E-state index contributed by atoms with van der Waals surface area (Å²) in [4.78, 5) is 22.7. The SMILES string of the molecule is COc1cc(C=C2NC(=O)NC2=O)ccc1OCc1ccccc1F. The number of benzene rings is 2. The van der Waals surface area contributed by atoms with Crippen LogP contribution in [0, 0.1) is 5.82 Å². The van der Waals surface area contributed by atoms with Gasteiger partial charge in [-0.2, -0.15) is 0 Å². The second-order valence-electron chi connectivity index (χ2n) is 5.26. The van der Waals surface area contributed by atoms with E-state index in [1.807, 2.05) is 0 Å². The lowest BCUT2D eigenvalue weighted by molar-refractivity contribution is -0.115. The number of rotatable bonds is 5. The molecule has 2 aromatic carbocycles. The fourth-order valence-corrected chi connectivity index (χ4v) is 2.31. The third-order valence-electron chi connectivity index (χ3n) is 3.56. The van der Waals surface area contributed by atoms with E-state index in [9.17, 15) is 14.0 Å². The fourth-order valence-electron chi connectivity index (χ4n) is 2.31. The number of carbonyl (C=O) groups is 2. The Morgan fingerprint density at radius 2 is 1.88 bits per heavy atom. The van der Waals surface area contributed by atoms with Gasteiger partial charge in [-0.3, -0.25) is 10.1 Å². The van der Waals surface area contributed by atoms with E-state index in [1.54, 1.807) is 36.4 Å². The van der Waals surface area contributed by atoms with Crippen molar-refractivity contribution in [2.45, 2.75) is 6.61 Å². The Kier molecular flexibility index (Phi) is 4.65. The van der Waals surface area contributed by atoms with Crippen LogP contribution in [0.3, 0.4) is 0 Å². The highest BCUT2D eigenvalue weighted by Gasteiger charge is 2.22. The first-order valence-electron chi connectivity index (χ1n) is 7.45. The molecule has 7 heteroatoms. The van der Waals surface area contributed by atoms with Gasteiger partial charge < -0.3 is 14.8 Å². The minimum absolute atomic E-state index is 0.0575. The lowest BCUT2D eigenvalue weighted by atomic mass is 10.1. The summed E-state index contributed by atoms with van der Waals surface area (Å²) in [5.74, 6) is 0.0258. The van der Waals surface area contributed by atoms with Crippen molar-refractivity contribution in [3.05, 3.63) is 65.1 Å². The van der Waals surface area contributed by atoms with E-state index >= 15 is 0 Å². The molecule has 0 spiro atoms. The number of nitrogens with one attached hydrogen (secondary N) is 2. The molecule has 1 saturated heterocycles. The number of ether oxygens (including phenoxy) is 2. The summed E-state index contributed by atoms with van der Waals surface area (Å²) in [6, 6.07) is 10.8. The molecule has 1 aliphatic rings.